The monoisotopic (exact) mass is 1120 g/mol. The summed E-state index contributed by atoms with van der Waals surface area (Å²) in [7, 11) is 0. The standard InChI is InChI=1S/C77H96S3/c1-8-15-21-27-45-75(46-28-22-16-9-2)64-54-57(67-36-34-52-79-67)38-42-61(64)70-72(75)69-60-41-37-56(66-35-33-51-78-66)53-63(60)76(47-29-23-17-10-3,48-30-24-18-11-4)73(69)71-62-43-39-58(68-44-40-59(14-7)80-68)55-65(62)77(74(70)71,49-31-25-19-12-5)50-32-26-20-13-6/h7,33-44,51-55H,8-13,15-32,45-50H2,1-6H3. The first-order chi connectivity index (χ1) is 39.4. The molecule has 7 aromatic rings. The maximum Gasteiger partial charge on any atom is 0.0772 e. The predicted molar refractivity (Wildman–Crippen MR) is 356 cm³/mol. The Hall–Kier alpha value is -4.46. The third-order valence-electron chi connectivity index (χ3n) is 19.7. The topological polar surface area (TPSA) is 0 Å². The molecule has 0 amide bonds. The van der Waals surface area contributed by atoms with E-state index in [1.165, 1.54) is 224 Å². The Labute approximate surface area is 498 Å². The van der Waals surface area contributed by atoms with Gasteiger partial charge in [0, 0.05) is 30.9 Å². The van der Waals surface area contributed by atoms with Crippen LogP contribution < -0.4 is 0 Å². The van der Waals surface area contributed by atoms with Crippen LogP contribution in [0.2, 0.25) is 0 Å². The molecule has 0 spiro atoms. The van der Waals surface area contributed by atoms with Crippen molar-refractivity contribution in [3.05, 3.63) is 140 Å². The van der Waals surface area contributed by atoms with Gasteiger partial charge in [0.25, 0.3) is 0 Å². The third kappa shape index (κ3) is 11.2. The van der Waals surface area contributed by atoms with Gasteiger partial charge in [-0.05, 0) is 175 Å². The lowest BCUT2D eigenvalue weighted by molar-refractivity contribution is 0.389. The first-order valence-electron chi connectivity index (χ1n) is 32.7. The number of unbranched alkanes of at least 4 members (excludes halogenated alkanes) is 18. The average molecular weight is 1120 g/mol. The summed E-state index contributed by atoms with van der Waals surface area (Å²) in [5.74, 6) is 3.01. The fourth-order valence-electron chi connectivity index (χ4n) is 15.8. The van der Waals surface area contributed by atoms with Crippen LogP contribution in [0.4, 0.5) is 0 Å². The Bertz CT molecular complexity index is 3090. The molecule has 0 atom stereocenters. The summed E-state index contributed by atoms with van der Waals surface area (Å²) in [6.07, 6.45) is 44.1. The smallest absolute Gasteiger partial charge is 0.0772 e. The zero-order valence-electron chi connectivity index (χ0n) is 50.3. The van der Waals surface area contributed by atoms with Crippen LogP contribution in [0.15, 0.2) is 102 Å². The molecule has 0 fully saturated rings. The van der Waals surface area contributed by atoms with Gasteiger partial charge in [0.2, 0.25) is 0 Å². The molecule has 4 aromatic carbocycles. The van der Waals surface area contributed by atoms with E-state index in [-0.39, 0.29) is 16.2 Å². The quantitative estimate of drug-likeness (QED) is 0.0284. The number of hydrogen-bond acceptors (Lipinski definition) is 3. The Morgan fingerprint density at radius 1 is 0.350 bits per heavy atom. The fourth-order valence-corrected chi connectivity index (χ4v) is 18.1. The molecule has 3 heteroatoms. The van der Waals surface area contributed by atoms with Gasteiger partial charge >= 0.3 is 0 Å². The summed E-state index contributed by atoms with van der Waals surface area (Å²) in [6.45, 7) is 14.4. The lowest BCUT2D eigenvalue weighted by Crippen LogP contribution is -2.31. The van der Waals surface area contributed by atoms with Crippen molar-refractivity contribution in [1.82, 2.24) is 0 Å². The van der Waals surface area contributed by atoms with E-state index in [0.717, 1.165) is 4.88 Å². The molecule has 0 radical (unpaired) electrons. The van der Waals surface area contributed by atoms with Gasteiger partial charge in [0.1, 0.15) is 0 Å². The van der Waals surface area contributed by atoms with Crippen molar-refractivity contribution in [1.29, 1.82) is 0 Å². The molecule has 0 aliphatic heterocycles. The van der Waals surface area contributed by atoms with Crippen LogP contribution in [0, 0.1) is 12.3 Å². The molecule has 3 aliphatic rings. The minimum absolute atomic E-state index is 0.110. The summed E-state index contributed by atoms with van der Waals surface area (Å²) in [4.78, 5) is 5.13. The highest BCUT2D eigenvalue weighted by molar-refractivity contribution is 7.16. The fraction of sp³-hybridized carbons (Fsp3) is 0.506. The number of fused-ring (bicyclic) bond motifs is 12. The normalized spacial score (nSPS) is 14.7. The molecule has 3 aliphatic carbocycles. The molecule has 0 unspecified atom stereocenters. The summed E-state index contributed by atoms with van der Waals surface area (Å²) in [5.41, 5.74) is 23.8. The lowest BCUT2D eigenvalue weighted by atomic mass is 9.63. The van der Waals surface area contributed by atoms with Gasteiger partial charge in [-0.3, -0.25) is 0 Å². The highest BCUT2D eigenvalue weighted by Gasteiger charge is 2.57. The van der Waals surface area contributed by atoms with Gasteiger partial charge in [-0.25, -0.2) is 0 Å². The highest BCUT2D eigenvalue weighted by atomic mass is 32.1. The van der Waals surface area contributed by atoms with E-state index in [2.05, 4.69) is 149 Å². The molecule has 10 rings (SSSR count). The van der Waals surface area contributed by atoms with E-state index in [1.807, 2.05) is 22.7 Å². The minimum Gasteiger partial charge on any atom is -0.144 e. The molecule has 0 nitrogen and oxygen atoms in total. The SMILES string of the molecule is C#Cc1ccc(-c2ccc3c(c2)C(CCCCCC)(CCCCCC)c2c4c(c5c(c2-3)C(CCCCCC)(CCCCCC)c2cc(-c3cccs3)ccc2-5)C(CCCCCC)(CCCCCC)c2cc(-c3cccs3)ccc2-4)s1. The van der Waals surface area contributed by atoms with Crippen LogP contribution >= 0.6 is 34.0 Å². The van der Waals surface area contributed by atoms with Gasteiger partial charge in [-0.15, -0.1) is 40.4 Å². The molecule has 0 saturated carbocycles. The zero-order valence-corrected chi connectivity index (χ0v) is 52.8. The van der Waals surface area contributed by atoms with Crippen LogP contribution in [0.3, 0.4) is 0 Å². The highest BCUT2D eigenvalue weighted by Crippen LogP contribution is 2.72. The summed E-state index contributed by atoms with van der Waals surface area (Å²) < 4.78 is 0. The maximum absolute atomic E-state index is 6.15. The van der Waals surface area contributed by atoms with E-state index < -0.39 is 0 Å². The third-order valence-corrected chi connectivity index (χ3v) is 22.6. The van der Waals surface area contributed by atoms with Gasteiger partial charge in [-0.2, -0.15) is 0 Å². The van der Waals surface area contributed by atoms with E-state index in [9.17, 15) is 0 Å². The molecule has 0 saturated heterocycles. The van der Waals surface area contributed by atoms with Crippen molar-refractivity contribution in [3.63, 3.8) is 0 Å². The Morgan fingerprint density at radius 3 is 0.925 bits per heavy atom. The number of hydrogen-bond donors (Lipinski definition) is 0. The van der Waals surface area contributed by atoms with E-state index in [1.54, 1.807) is 78.1 Å². The van der Waals surface area contributed by atoms with Crippen molar-refractivity contribution >= 4 is 34.0 Å². The van der Waals surface area contributed by atoms with Crippen molar-refractivity contribution in [2.45, 2.75) is 250 Å². The van der Waals surface area contributed by atoms with Crippen LogP contribution in [0.5, 0.6) is 0 Å². The second-order valence-corrected chi connectivity index (χ2v) is 27.9. The maximum atomic E-state index is 6.15. The number of terminal acetylenes is 1. The van der Waals surface area contributed by atoms with E-state index >= 15 is 0 Å². The zero-order chi connectivity index (χ0) is 55.5. The van der Waals surface area contributed by atoms with Gasteiger partial charge in [-0.1, -0.05) is 250 Å². The van der Waals surface area contributed by atoms with Gasteiger partial charge in [0.05, 0.1) is 4.88 Å². The van der Waals surface area contributed by atoms with Gasteiger partial charge < -0.3 is 0 Å². The molecule has 80 heavy (non-hydrogen) atoms. The summed E-state index contributed by atoms with van der Waals surface area (Å²) >= 11 is 5.64. The van der Waals surface area contributed by atoms with Crippen molar-refractivity contribution in [3.8, 4) is 77.0 Å². The second-order valence-electron chi connectivity index (χ2n) is 24.9. The lowest BCUT2D eigenvalue weighted by Gasteiger charge is -2.40. The van der Waals surface area contributed by atoms with Crippen LogP contribution in [0.1, 0.15) is 272 Å². The predicted octanol–water partition coefficient (Wildman–Crippen LogP) is 25.5. The first-order valence-corrected chi connectivity index (χ1v) is 35.3. The summed E-state index contributed by atoms with van der Waals surface area (Å²) in [5, 5.41) is 4.59. The van der Waals surface area contributed by atoms with E-state index in [4.69, 9.17) is 6.42 Å². The number of rotatable bonds is 33. The molecule has 3 aromatic heterocycles. The first kappa shape index (κ1) is 58.7. The second kappa shape index (κ2) is 27.3. The van der Waals surface area contributed by atoms with Crippen LogP contribution in [0.25, 0.3) is 64.7 Å². The number of thiophene rings is 3. The molecular formula is C77H96S3. The van der Waals surface area contributed by atoms with Gasteiger partial charge in [0.15, 0.2) is 0 Å². The average Bonchev–Trinajstić information content (AvgIpc) is 4.55. The number of benzene rings is 4. The Morgan fingerprint density at radius 2 is 0.662 bits per heavy atom. The minimum atomic E-state index is -0.134. The van der Waals surface area contributed by atoms with E-state index in [0.29, 0.717) is 0 Å². The molecule has 3 heterocycles. The van der Waals surface area contributed by atoms with Crippen LogP contribution in [-0.2, 0) is 16.2 Å². The molecule has 0 N–H and O–H groups in total. The molecular weight excluding hydrogens is 1020 g/mol. The van der Waals surface area contributed by atoms with Crippen molar-refractivity contribution in [2.24, 2.45) is 0 Å². The van der Waals surface area contributed by atoms with Crippen molar-refractivity contribution < 1.29 is 0 Å². The Kier molecular flexibility index (Phi) is 20.0. The molecule has 0 bridgehead atoms. The summed E-state index contributed by atoms with van der Waals surface area (Å²) in [6, 6.07) is 37.8. The Balaban J connectivity index is 1.40. The molecule has 422 valence electrons. The largest absolute Gasteiger partial charge is 0.144 e. The van der Waals surface area contributed by atoms with Crippen molar-refractivity contribution in [2.75, 3.05) is 0 Å². The van der Waals surface area contributed by atoms with Crippen LogP contribution in [-0.4, -0.2) is 0 Å².